The summed E-state index contributed by atoms with van der Waals surface area (Å²) in [5, 5.41) is 8.36. The van der Waals surface area contributed by atoms with Crippen LogP contribution in [0.15, 0.2) is 24.3 Å². The second-order valence-corrected chi connectivity index (χ2v) is 7.64. The molecule has 2 heterocycles. The van der Waals surface area contributed by atoms with Crippen molar-refractivity contribution in [1.82, 2.24) is 15.1 Å². The van der Waals surface area contributed by atoms with Crippen LogP contribution in [0.2, 0.25) is 5.02 Å². The molecule has 2 aromatic rings. The van der Waals surface area contributed by atoms with E-state index in [1.165, 1.54) is 12.0 Å². The fraction of sp³-hybridized carbons (Fsp3) is 0.429. The van der Waals surface area contributed by atoms with Gasteiger partial charge in [0.25, 0.3) is 5.91 Å². The van der Waals surface area contributed by atoms with Crippen molar-refractivity contribution in [2.24, 2.45) is 0 Å². The number of likely N-dealkylation sites (tertiary alicyclic amines) is 1. The van der Waals surface area contributed by atoms with Crippen molar-refractivity contribution in [2.45, 2.75) is 44.9 Å². The minimum Gasteiger partial charge on any atom is -0.337 e. The summed E-state index contributed by atoms with van der Waals surface area (Å²) in [7, 11) is 0. The summed E-state index contributed by atoms with van der Waals surface area (Å²) in [6.45, 7) is 1.71. The summed E-state index contributed by atoms with van der Waals surface area (Å²) in [4.78, 5) is 14.9. The molecule has 0 unspecified atom stereocenters. The Hall–Kier alpha value is -2.07. The smallest absolute Gasteiger partial charge is 0.274 e. The molecule has 1 aromatic heterocycles. The Labute approximate surface area is 159 Å². The number of carbonyl (C=O) groups excluding carboxylic acids is 1. The predicted octanol–water partition coefficient (Wildman–Crippen LogP) is 4.96. The third kappa shape index (κ3) is 3.56. The second kappa shape index (κ2) is 7.67. The number of amides is 1. The van der Waals surface area contributed by atoms with Gasteiger partial charge in [-0.2, -0.15) is 5.10 Å². The van der Waals surface area contributed by atoms with Gasteiger partial charge in [0.1, 0.15) is 0 Å². The van der Waals surface area contributed by atoms with Crippen molar-refractivity contribution in [3.8, 4) is 0 Å². The molecule has 1 amide bonds. The van der Waals surface area contributed by atoms with Crippen LogP contribution >= 0.6 is 11.6 Å². The lowest BCUT2D eigenvalue weighted by Gasteiger charge is -2.26. The van der Waals surface area contributed by atoms with E-state index in [0.717, 1.165) is 73.5 Å². The molecule has 1 saturated heterocycles. The van der Waals surface area contributed by atoms with Crippen LogP contribution in [0.5, 0.6) is 0 Å². The number of nitrogens with zero attached hydrogens (tertiary/aromatic N) is 2. The van der Waals surface area contributed by atoms with Crippen LogP contribution in [-0.2, 0) is 6.42 Å². The number of piperidine rings is 1. The molecule has 26 heavy (non-hydrogen) atoms. The first-order valence-corrected chi connectivity index (χ1v) is 9.93. The van der Waals surface area contributed by atoms with E-state index >= 15 is 0 Å². The summed E-state index contributed by atoms with van der Waals surface area (Å²) < 4.78 is 0. The molecule has 0 atom stereocenters. The molecule has 4 rings (SSSR count). The average molecular weight is 370 g/mol. The molecule has 1 N–H and O–H groups in total. The van der Waals surface area contributed by atoms with E-state index < -0.39 is 0 Å². The Kier molecular flexibility index (Phi) is 5.11. The van der Waals surface area contributed by atoms with Crippen LogP contribution in [0.1, 0.15) is 65.8 Å². The first-order chi connectivity index (χ1) is 12.7. The van der Waals surface area contributed by atoms with Crippen LogP contribution in [0.3, 0.4) is 0 Å². The van der Waals surface area contributed by atoms with E-state index in [1.54, 1.807) is 0 Å². The van der Waals surface area contributed by atoms with Gasteiger partial charge < -0.3 is 4.90 Å². The Morgan fingerprint density at radius 3 is 2.54 bits per heavy atom. The van der Waals surface area contributed by atoms with Gasteiger partial charge in [0.05, 0.1) is 5.69 Å². The maximum absolute atomic E-state index is 13.0. The van der Waals surface area contributed by atoms with Crippen molar-refractivity contribution in [2.75, 3.05) is 13.1 Å². The number of carbonyl (C=O) groups is 1. The topological polar surface area (TPSA) is 49.0 Å². The van der Waals surface area contributed by atoms with Gasteiger partial charge in [-0.1, -0.05) is 23.7 Å². The van der Waals surface area contributed by atoms with Crippen LogP contribution in [0.4, 0.5) is 0 Å². The van der Waals surface area contributed by atoms with Crippen molar-refractivity contribution >= 4 is 29.2 Å². The molecule has 0 spiro atoms. The number of nitrogens with one attached hydrogen (secondary N) is 1. The number of aromatic amines is 1. The number of benzene rings is 1. The molecular formula is C21H24ClN3O. The van der Waals surface area contributed by atoms with E-state index in [-0.39, 0.29) is 5.91 Å². The minimum atomic E-state index is 0.0925. The third-order valence-corrected chi connectivity index (χ3v) is 5.62. The monoisotopic (exact) mass is 369 g/mol. The van der Waals surface area contributed by atoms with Crippen LogP contribution < -0.4 is 0 Å². The van der Waals surface area contributed by atoms with Gasteiger partial charge >= 0.3 is 0 Å². The quantitative estimate of drug-likeness (QED) is 0.761. The zero-order valence-corrected chi connectivity index (χ0v) is 15.7. The lowest BCUT2D eigenvalue weighted by Crippen LogP contribution is -2.36. The van der Waals surface area contributed by atoms with Crippen LogP contribution in [0, 0.1) is 0 Å². The van der Waals surface area contributed by atoms with E-state index in [4.69, 9.17) is 11.6 Å². The van der Waals surface area contributed by atoms with Crippen molar-refractivity contribution in [3.05, 3.63) is 51.8 Å². The molecule has 1 aliphatic carbocycles. The zero-order chi connectivity index (χ0) is 17.9. The number of hydrogen-bond acceptors (Lipinski definition) is 2. The molecule has 4 nitrogen and oxygen atoms in total. The highest BCUT2D eigenvalue weighted by atomic mass is 35.5. The molecule has 0 bridgehead atoms. The minimum absolute atomic E-state index is 0.0925. The van der Waals surface area contributed by atoms with Crippen LogP contribution in [-0.4, -0.2) is 34.1 Å². The molecule has 1 aromatic carbocycles. The van der Waals surface area contributed by atoms with Crippen molar-refractivity contribution in [3.63, 3.8) is 0 Å². The summed E-state index contributed by atoms with van der Waals surface area (Å²) in [6.07, 6.45) is 9.72. The number of aromatic nitrogens is 2. The van der Waals surface area contributed by atoms with Gasteiger partial charge in [-0.25, -0.2) is 0 Å². The maximum atomic E-state index is 13.0. The van der Waals surface area contributed by atoms with E-state index in [0.29, 0.717) is 5.69 Å². The summed E-state index contributed by atoms with van der Waals surface area (Å²) in [5.41, 5.74) is 5.11. The van der Waals surface area contributed by atoms with E-state index in [1.807, 2.05) is 29.2 Å². The first kappa shape index (κ1) is 17.3. The number of allylic oxidation sites excluding steroid dienone is 1. The summed E-state index contributed by atoms with van der Waals surface area (Å²) in [5.74, 6) is 0.0925. The predicted molar refractivity (Wildman–Crippen MR) is 105 cm³/mol. The molecule has 1 aliphatic heterocycles. The average Bonchev–Trinajstić information content (AvgIpc) is 3.00. The van der Waals surface area contributed by atoms with Crippen molar-refractivity contribution < 1.29 is 4.79 Å². The highest BCUT2D eigenvalue weighted by Crippen LogP contribution is 2.32. The molecular weight excluding hydrogens is 346 g/mol. The Balaban J connectivity index is 1.66. The molecule has 1 fully saturated rings. The SMILES string of the molecule is O=C(c1n[nH]c2c1CCCC/C2=C\c1ccc(Cl)cc1)N1CCCCC1. The second-order valence-electron chi connectivity index (χ2n) is 7.21. The fourth-order valence-electron chi connectivity index (χ4n) is 3.94. The zero-order valence-electron chi connectivity index (χ0n) is 14.9. The number of H-pyrrole nitrogens is 1. The van der Waals surface area contributed by atoms with E-state index in [2.05, 4.69) is 16.3 Å². The normalized spacial score (nSPS) is 19.3. The lowest BCUT2D eigenvalue weighted by atomic mass is 10.0. The van der Waals surface area contributed by atoms with Gasteiger partial charge in [0.15, 0.2) is 5.69 Å². The van der Waals surface area contributed by atoms with Gasteiger partial charge in [-0.15, -0.1) is 0 Å². The van der Waals surface area contributed by atoms with Gasteiger partial charge in [0.2, 0.25) is 0 Å². The summed E-state index contributed by atoms with van der Waals surface area (Å²) >= 11 is 5.99. The highest BCUT2D eigenvalue weighted by Gasteiger charge is 2.27. The van der Waals surface area contributed by atoms with E-state index in [9.17, 15) is 4.79 Å². The van der Waals surface area contributed by atoms with Gasteiger partial charge in [0, 0.05) is 23.7 Å². The molecule has 0 radical (unpaired) electrons. The lowest BCUT2D eigenvalue weighted by molar-refractivity contribution is 0.0717. The summed E-state index contributed by atoms with van der Waals surface area (Å²) in [6, 6.07) is 7.86. The number of halogens is 1. The van der Waals surface area contributed by atoms with Crippen LogP contribution in [0.25, 0.3) is 11.6 Å². The van der Waals surface area contributed by atoms with Gasteiger partial charge in [-0.3, -0.25) is 9.89 Å². The molecule has 136 valence electrons. The fourth-order valence-corrected chi connectivity index (χ4v) is 4.07. The number of rotatable bonds is 2. The third-order valence-electron chi connectivity index (χ3n) is 5.37. The molecule has 2 aliphatic rings. The van der Waals surface area contributed by atoms with Gasteiger partial charge in [-0.05, 0) is 74.3 Å². The highest BCUT2D eigenvalue weighted by molar-refractivity contribution is 6.30. The Morgan fingerprint density at radius 1 is 1.04 bits per heavy atom. The molecule has 5 heteroatoms. The molecule has 0 saturated carbocycles. The standard InChI is InChI=1S/C21H24ClN3O/c22-17-10-8-15(9-11-17)14-16-6-2-3-7-18-19(16)23-24-20(18)21(26)25-12-4-1-5-13-25/h8-11,14H,1-7,12-13H2,(H,23,24)/b16-14+. The Bertz CT molecular complexity index is 816. The number of hydrogen-bond donors (Lipinski definition) is 1. The Morgan fingerprint density at radius 2 is 1.77 bits per heavy atom. The van der Waals surface area contributed by atoms with Crippen molar-refractivity contribution in [1.29, 1.82) is 0 Å². The number of fused-ring (bicyclic) bond motifs is 1. The maximum Gasteiger partial charge on any atom is 0.274 e. The first-order valence-electron chi connectivity index (χ1n) is 9.55. The largest absolute Gasteiger partial charge is 0.337 e.